The number of nitrogens with zero attached hydrogens (tertiary/aromatic N) is 1. The van der Waals surface area contributed by atoms with E-state index in [4.69, 9.17) is 0 Å². The zero-order valence-corrected chi connectivity index (χ0v) is 13.9. The molecule has 2 atom stereocenters. The Morgan fingerprint density at radius 1 is 1.05 bits per heavy atom. The van der Waals surface area contributed by atoms with Crippen LogP contribution in [-0.2, 0) is 0 Å². The number of rotatable bonds is 3. The van der Waals surface area contributed by atoms with Crippen molar-refractivity contribution in [2.75, 3.05) is 19.6 Å². The van der Waals surface area contributed by atoms with E-state index in [1.54, 1.807) is 0 Å². The Hall–Kier alpha value is -0.0800. The van der Waals surface area contributed by atoms with Crippen molar-refractivity contribution in [1.82, 2.24) is 10.2 Å². The minimum absolute atomic E-state index is 0.374. The van der Waals surface area contributed by atoms with Gasteiger partial charge in [0.1, 0.15) is 0 Å². The zero-order chi connectivity index (χ0) is 14.3. The van der Waals surface area contributed by atoms with Crippen molar-refractivity contribution in [3.63, 3.8) is 0 Å². The highest BCUT2D eigenvalue weighted by molar-refractivity contribution is 4.97. The van der Waals surface area contributed by atoms with Crippen molar-refractivity contribution in [2.45, 2.75) is 72.9 Å². The minimum atomic E-state index is 0.374. The van der Waals surface area contributed by atoms with Crippen LogP contribution in [0, 0.1) is 16.7 Å². The van der Waals surface area contributed by atoms with Gasteiger partial charge < -0.3 is 5.32 Å². The van der Waals surface area contributed by atoms with Gasteiger partial charge in [-0.25, -0.2) is 0 Å². The minimum Gasteiger partial charge on any atom is -0.311 e. The summed E-state index contributed by atoms with van der Waals surface area (Å²) in [6, 6.07) is 1.45. The van der Waals surface area contributed by atoms with Crippen molar-refractivity contribution in [1.29, 1.82) is 0 Å². The van der Waals surface area contributed by atoms with Gasteiger partial charge in [0.25, 0.3) is 0 Å². The molecule has 2 rings (SSSR count). The average molecular weight is 266 g/mol. The van der Waals surface area contributed by atoms with E-state index in [9.17, 15) is 0 Å². The Bertz CT molecular complexity index is 293. The Kier molecular flexibility index (Phi) is 4.32. The van der Waals surface area contributed by atoms with Gasteiger partial charge in [-0.3, -0.25) is 4.90 Å². The molecule has 0 amide bonds. The van der Waals surface area contributed by atoms with Crippen LogP contribution in [0.4, 0.5) is 0 Å². The molecule has 2 aliphatic rings. The van der Waals surface area contributed by atoms with E-state index in [1.165, 1.54) is 38.9 Å². The van der Waals surface area contributed by atoms with E-state index in [2.05, 4.69) is 51.8 Å². The summed E-state index contributed by atoms with van der Waals surface area (Å²) >= 11 is 0. The maximum Gasteiger partial charge on any atom is 0.0269 e. The maximum atomic E-state index is 3.82. The first-order valence-electron chi connectivity index (χ1n) is 8.14. The standard InChI is InChI=1S/C17H34N2/c1-16(2,3)9-10-19-12-14(13-7-8-13)18-11-15(19)17(4,5)6/h13-15,18H,7-12H2,1-6H3. The second kappa shape index (κ2) is 5.37. The van der Waals surface area contributed by atoms with Crippen LogP contribution in [0.2, 0.25) is 0 Å². The largest absolute Gasteiger partial charge is 0.311 e. The monoisotopic (exact) mass is 266 g/mol. The lowest BCUT2D eigenvalue weighted by atomic mass is 9.82. The molecule has 1 aliphatic heterocycles. The summed E-state index contributed by atoms with van der Waals surface area (Å²) in [5, 5.41) is 3.82. The van der Waals surface area contributed by atoms with E-state index >= 15 is 0 Å². The highest BCUT2D eigenvalue weighted by Crippen LogP contribution is 2.36. The first kappa shape index (κ1) is 15.3. The molecule has 1 aliphatic carbocycles. The lowest BCUT2D eigenvalue weighted by molar-refractivity contribution is 0.0431. The van der Waals surface area contributed by atoms with Crippen LogP contribution in [0.3, 0.4) is 0 Å². The molecule has 2 nitrogen and oxygen atoms in total. The van der Waals surface area contributed by atoms with E-state index in [0.29, 0.717) is 16.9 Å². The van der Waals surface area contributed by atoms with Crippen molar-refractivity contribution in [3.8, 4) is 0 Å². The Labute approximate surface area is 120 Å². The SMILES string of the molecule is CC(C)(C)CCN1CC(C2CC2)NCC1C(C)(C)C. The molecule has 0 aromatic rings. The third-order valence-corrected chi connectivity index (χ3v) is 4.79. The first-order chi connectivity index (χ1) is 8.67. The Morgan fingerprint density at radius 2 is 1.68 bits per heavy atom. The molecule has 0 aromatic heterocycles. The topological polar surface area (TPSA) is 15.3 Å². The molecule has 19 heavy (non-hydrogen) atoms. The van der Waals surface area contributed by atoms with Gasteiger partial charge in [-0.05, 0) is 42.6 Å². The fourth-order valence-corrected chi connectivity index (χ4v) is 3.23. The summed E-state index contributed by atoms with van der Waals surface area (Å²) < 4.78 is 0. The van der Waals surface area contributed by atoms with Gasteiger partial charge in [0.05, 0.1) is 0 Å². The average Bonchev–Trinajstić information content (AvgIpc) is 3.07. The van der Waals surface area contributed by atoms with Crippen LogP contribution in [0.25, 0.3) is 0 Å². The van der Waals surface area contributed by atoms with Gasteiger partial charge in [-0.15, -0.1) is 0 Å². The fraction of sp³-hybridized carbons (Fsp3) is 1.00. The van der Waals surface area contributed by atoms with Gasteiger partial charge in [0.15, 0.2) is 0 Å². The molecule has 0 radical (unpaired) electrons. The number of piperazine rings is 1. The summed E-state index contributed by atoms with van der Waals surface area (Å²) in [6.45, 7) is 18.0. The highest BCUT2D eigenvalue weighted by atomic mass is 15.2. The predicted molar refractivity (Wildman–Crippen MR) is 83.4 cm³/mol. The van der Waals surface area contributed by atoms with Gasteiger partial charge in [-0.1, -0.05) is 41.5 Å². The second-order valence-corrected chi connectivity index (χ2v) is 9.04. The third-order valence-electron chi connectivity index (χ3n) is 4.79. The predicted octanol–water partition coefficient (Wildman–Crippen LogP) is 3.52. The lowest BCUT2D eigenvalue weighted by Crippen LogP contribution is -2.61. The van der Waals surface area contributed by atoms with Crippen LogP contribution >= 0.6 is 0 Å². The zero-order valence-electron chi connectivity index (χ0n) is 13.9. The van der Waals surface area contributed by atoms with E-state index in [0.717, 1.165) is 12.0 Å². The molecule has 2 heteroatoms. The second-order valence-electron chi connectivity index (χ2n) is 9.04. The smallest absolute Gasteiger partial charge is 0.0269 e. The summed E-state index contributed by atoms with van der Waals surface area (Å²) in [5.74, 6) is 0.970. The number of hydrogen-bond donors (Lipinski definition) is 1. The van der Waals surface area contributed by atoms with Gasteiger partial charge in [0.2, 0.25) is 0 Å². The van der Waals surface area contributed by atoms with E-state index in [1.807, 2.05) is 0 Å². The molecular formula is C17H34N2. The maximum absolute atomic E-state index is 3.82. The van der Waals surface area contributed by atoms with E-state index < -0.39 is 0 Å². The molecular weight excluding hydrogens is 232 g/mol. The summed E-state index contributed by atoms with van der Waals surface area (Å²) in [7, 11) is 0. The van der Waals surface area contributed by atoms with E-state index in [-0.39, 0.29) is 0 Å². The number of hydrogen-bond acceptors (Lipinski definition) is 2. The molecule has 112 valence electrons. The highest BCUT2D eigenvalue weighted by Gasteiger charge is 2.40. The van der Waals surface area contributed by atoms with Crippen LogP contribution < -0.4 is 5.32 Å². The first-order valence-corrected chi connectivity index (χ1v) is 8.14. The van der Waals surface area contributed by atoms with Gasteiger partial charge >= 0.3 is 0 Å². The quantitative estimate of drug-likeness (QED) is 0.841. The third kappa shape index (κ3) is 4.46. The van der Waals surface area contributed by atoms with Crippen molar-refractivity contribution < 1.29 is 0 Å². The molecule has 1 saturated heterocycles. The molecule has 0 aromatic carbocycles. The van der Waals surface area contributed by atoms with Crippen LogP contribution in [-0.4, -0.2) is 36.6 Å². The molecule has 2 fully saturated rings. The Balaban J connectivity index is 1.98. The summed E-state index contributed by atoms with van der Waals surface area (Å²) in [5.41, 5.74) is 0.821. The van der Waals surface area contributed by atoms with Crippen LogP contribution in [0.15, 0.2) is 0 Å². The van der Waals surface area contributed by atoms with Gasteiger partial charge in [0, 0.05) is 25.2 Å². The Morgan fingerprint density at radius 3 is 2.16 bits per heavy atom. The van der Waals surface area contributed by atoms with Crippen molar-refractivity contribution >= 4 is 0 Å². The molecule has 1 N–H and O–H groups in total. The molecule has 0 bridgehead atoms. The molecule has 2 unspecified atom stereocenters. The fourth-order valence-electron chi connectivity index (χ4n) is 3.23. The molecule has 1 heterocycles. The molecule has 0 spiro atoms. The van der Waals surface area contributed by atoms with Crippen LogP contribution in [0.5, 0.6) is 0 Å². The summed E-state index contributed by atoms with van der Waals surface area (Å²) in [6.07, 6.45) is 4.20. The summed E-state index contributed by atoms with van der Waals surface area (Å²) in [4.78, 5) is 2.78. The normalized spacial score (nSPS) is 30.6. The van der Waals surface area contributed by atoms with Crippen molar-refractivity contribution in [2.24, 2.45) is 16.7 Å². The van der Waals surface area contributed by atoms with Crippen LogP contribution in [0.1, 0.15) is 60.8 Å². The lowest BCUT2D eigenvalue weighted by Gasteiger charge is -2.47. The van der Waals surface area contributed by atoms with Crippen molar-refractivity contribution in [3.05, 3.63) is 0 Å². The van der Waals surface area contributed by atoms with Gasteiger partial charge in [-0.2, -0.15) is 0 Å². The number of nitrogens with one attached hydrogen (secondary N) is 1. The molecule has 1 saturated carbocycles.